The summed E-state index contributed by atoms with van der Waals surface area (Å²) in [6.45, 7) is 0. The summed E-state index contributed by atoms with van der Waals surface area (Å²) in [5.74, 6) is 0. The van der Waals surface area contributed by atoms with Gasteiger partial charge in [0.25, 0.3) is 0 Å². The Labute approximate surface area is 57.4 Å². The second-order valence-corrected chi connectivity index (χ2v) is 1.68. The van der Waals surface area contributed by atoms with Crippen molar-refractivity contribution in [3.05, 3.63) is 0 Å². The molecule has 0 heterocycles. The largest absolute Gasteiger partial charge is 2.00 e. The Kier molecular flexibility index (Phi) is 10.5. The summed E-state index contributed by atoms with van der Waals surface area (Å²) >= 11 is -4.29. The first-order valence-electron chi connectivity index (χ1n) is 0.612. The topological polar surface area (TPSA) is 63.2 Å². The van der Waals surface area contributed by atoms with Gasteiger partial charge in [-0.2, -0.15) is 0 Å². The molecule has 0 amide bonds. The van der Waals surface area contributed by atoms with Crippen molar-refractivity contribution in [2.75, 3.05) is 0 Å². The molecule has 0 fully saturated rings. The molecule has 0 saturated heterocycles. The first-order valence-corrected chi connectivity index (χ1v) is 4.11. The van der Waals surface area contributed by atoms with Crippen LogP contribution in [0.1, 0.15) is 0 Å². The van der Waals surface area contributed by atoms with E-state index in [0.717, 1.165) is 0 Å². The maximum absolute atomic E-state index is 8.61. The van der Waals surface area contributed by atoms with Crippen molar-refractivity contribution in [3.8, 4) is 0 Å². The van der Waals surface area contributed by atoms with Gasteiger partial charge >= 0.3 is 57.8 Å². The fourth-order valence-corrected chi connectivity index (χ4v) is 0. The van der Waals surface area contributed by atoms with Gasteiger partial charge in [0.15, 0.2) is 0 Å². The average Bonchev–Trinajstić information content (AvgIpc) is 0.811. The minimum absolute atomic E-state index is 0. The van der Waals surface area contributed by atoms with E-state index in [1.807, 2.05) is 0 Å². The van der Waals surface area contributed by atoms with Gasteiger partial charge in [0, 0.05) is 0 Å². The van der Waals surface area contributed by atoms with E-state index in [4.69, 9.17) is 9.96 Å². The Morgan fingerprint density at radius 3 is 1.40 bits per heavy atom. The van der Waals surface area contributed by atoms with Crippen molar-refractivity contribution in [1.29, 1.82) is 0 Å². The zero-order valence-corrected chi connectivity index (χ0v) is 8.97. The van der Waals surface area contributed by atoms with Gasteiger partial charge < -0.3 is 0 Å². The molecule has 0 rings (SSSR count). The Bertz CT molecular complexity index is 29.9. The third-order valence-corrected chi connectivity index (χ3v) is 0. The van der Waals surface area contributed by atoms with Gasteiger partial charge in [-0.05, 0) is 0 Å². The molecule has 26 valence electrons. The standard InChI is InChI=1S/3O.Pb.Sn/q;2*-1;+2;. The molecule has 0 aromatic heterocycles. The summed E-state index contributed by atoms with van der Waals surface area (Å²) in [5.41, 5.74) is 0. The molecule has 0 saturated carbocycles. The summed E-state index contributed by atoms with van der Waals surface area (Å²) in [4.78, 5) is 0. The smallest absolute Gasteiger partial charge is 2.00 e. The minimum atomic E-state index is -4.29. The van der Waals surface area contributed by atoms with E-state index in [9.17, 15) is 0 Å². The number of hydrogen-bond donors (Lipinski definition) is 0. The maximum atomic E-state index is 8.61. The van der Waals surface area contributed by atoms with E-state index >= 15 is 0 Å². The van der Waals surface area contributed by atoms with Gasteiger partial charge in [0.2, 0.25) is 0 Å². The van der Waals surface area contributed by atoms with E-state index in [-0.39, 0.29) is 27.3 Å². The van der Waals surface area contributed by atoms with Crippen molar-refractivity contribution >= 4 is 47.9 Å². The normalized spacial score (nSPS) is 5.20. The monoisotopic (exact) mass is 376 g/mol. The minimum Gasteiger partial charge on any atom is 2.00 e. The van der Waals surface area contributed by atoms with Crippen LogP contribution in [0, 0.1) is 0 Å². The predicted octanol–water partition coefficient (Wildman–Crippen LogP) is -3.26. The van der Waals surface area contributed by atoms with Crippen molar-refractivity contribution in [3.63, 3.8) is 0 Å². The zero-order chi connectivity index (χ0) is 3.58. The second kappa shape index (κ2) is 5.44. The van der Waals surface area contributed by atoms with Crippen LogP contribution < -0.4 is 6.89 Å². The summed E-state index contributed by atoms with van der Waals surface area (Å²) in [6.07, 6.45) is 0. The zero-order valence-electron chi connectivity index (χ0n) is 2.22. The van der Waals surface area contributed by atoms with Crippen molar-refractivity contribution in [2.24, 2.45) is 0 Å². The summed E-state index contributed by atoms with van der Waals surface area (Å²) in [7, 11) is 0. The van der Waals surface area contributed by atoms with Crippen LogP contribution in [0.3, 0.4) is 0 Å². The first kappa shape index (κ1) is 9.67. The van der Waals surface area contributed by atoms with Gasteiger partial charge in [-0.1, -0.05) is 0 Å². The van der Waals surface area contributed by atoms with E-state index in [1.165, 1.54) is 0 Å². The van der Waals surface area contributed by atoms with Crippen LogP contribution in [0.25, 0.3) is 0 Å². The van der Waals surface area contributed by atoms with Gasteiger partial charge in [-0.25, -0.2) is 0 Å². The SMILES string of the molecule is [O]=[Sn]([O-])[O-].[Pb+2]. The molecule has 0 aliphatic rings. The summed E-state index contributed by atoms with van der Waals surface area (Å²) in [5, 5.41) is 0. The quantitative estimate of drug-likeness (QED) is 0.419. The molecule has 0 atom stereocenters. The molecule has 5 heteroatoms. The molecule has 0 aromatic carbocycles. The second-order valence-electron chi connectivity index (χ2n) is 0.250. The molecule has 0 spiro atoms. The van der Waals surface area contributed by atoms with E-state index in [0.29, 0.717) is 0 Å². The van der Waals surface area contributed by atoms with Crippen LogP contribution in [-0.4, -0.2) is 47.9 Å². The molecule has 2 radical (unpaired) electrons. The molecule has 0 aliphatic heterocycles. The molecule has 0 unspecified atom stereocenters. The van der Waals surface area contributed by atoms with E-state index in [2.05, 4.69) is 0 Å². The van der Waals surface area contributed by atoms with Crippen molar-refractivity contribution < 1.29 is 9.96 Å². The predicted molar refractivity (Wildman–Crippen MR) is 12.2 cm³/mol. The van der Waals surface area contributed by atoms with Crippen LogP contribution in [0.4, 0.5) is 0 Å². The Morgan fingerprint density at radius 2 is 1.40 bits per heavy atom. The average molecular weight is 374 g/mol. The Balaban J connectivity index is 0. The van der Waals surface area contributed by atoms with Crippen molar-refractivity contribution in [1.82, 2.24) is 0 Å². The first-order chi connectivity index (χ1) is 1.73. The molecular weight excluding hydrogens is 374 g/mol. The molecule has 3 nitrogen and oxygen atoms in total. The molecule has 0 aromatic rings. The van der Waals surface area contributed by atoms with Crippen LogP contribution in [0.5, 0.6) is 0 Å². The van der Waals surface area contributed by atoms with E-state index < -0.39 is 20.6 Å². The van der Waals surface area contributed by atoms with Gasteiger partial charge in [-0.15, -0.1) is 0 Å². The van der Waals surface area contributed by atoms with Crippen LogP contribution in [0.2, 0.25) is 0 Å². The summed E-state index contributed by atoms with van der Waals surface area (Å²) < 4.78 is 25.8. The number of rotatable bonds is 0. The molecule has 0 bridgehead atoms. The number of hydrogen-bond acceptors (Lipinski definition) is 3. The van der Waals surface area contributed by atoms with E-state index in [1.54, 1.807) is 0 Å². The Hall–Kier alpha value is 1.44. The summed E-state index contributed by atoms with van der Waals surface area (Å²) in [6, 6.07) is 0. The molecule has 0 N–H and O–H groups in total. The Morgan fingerprint density at radius 1 is 1.40 bits per heavy atom. The van der Waals surface area contributed by atoms with Crippen LogP contribution in [-0.2, 0) is 3.08 Å². The fourth-order valence-electron chi connectivity index (χ4n) is 0. The van der Waals surface area contributed by atoms with Crippen LogP contribution in [0.15, 0.2) is 0 Å². The van der Waals surface area contributed by atoms with Crippen molar-refractivity contribution in [2.45, 2.75) is 0 Å². The third kappa shape index (κ3) is 31.0. The maximum Gasteiger partial charge on any atom is 2.00 e. The third-order valence-electron chi connectivity index (χ3n) is 0. The fraction of sp³-hybridized carbons (Fsp3) is 0. The van der Waals surface area contributed by atoms with Crippen LogP contribution >= 0.6 is 0 Å². The molecule has 5 heavy (non-hydrogen) atoms. The molecule has 0 aliphatic carbocycles. The van der Waals surface area contributed by atoms with Gasteiger partial charge in [-0.3, -0.25) is 0 Å². The van der Waals surface area contributed by atoms with Gasteiger partial charge in [0.1, 0.15) is 0 Å². The van der Waals surface area contributed by atoms with Gasteiger partial charge in [0.05, 0.1) is 0 Å². The molecular formula is O3PbSn.